The summed E-state index contributed by atoms with van der Waals surface area (Å²) in [5.41, 5.74) is 0. The van der Waals surface area contributed by atoms with Crippen molar-refractivity contribution in [3.63, 3.8) is 0 Å². The molecule has 0 radical (unpaired) electrons. The topological polar surface area (TPSA) is 20.2 Å². The van der Waals surface area contributed by atoms with Crippen molar-refractivity contribution in [1.29, 1.82) is 0 Å². The summed E-state index contributed by atoms with van der Waals surface area (Å²) in [6.45, 7) is 13.8. The quantitative estimate of drug-likeness (QED) is 0.0841. The molecule has 0 aliphatic carbocycles. The summed E-state index contributed by atoms with van der Waals surface area (Å²) in [6.07, 6.45) is 33.4. The van der Waals surface area contributed by atoms with Gasteiger partial charge < -0.3 is 22.0 Å². The number of unbranched alkanes of at least 4 members (excludes halogenated alkanes) is 20. The van der Waals surface area contributed by atoms with Gasteiger partial charge in [-0.2, -0.15) is 0 Å². The molecule has 0 unspecified atom stereocenters. The first kappa shape index (κ1) is 40.7. The second-order valence-corrected chi connectivity index (χ2v) is 11.6. The third kappa shape index (κ3) is 34.2. The molecule has 0 rings (SSSR count). The summed E-state index contributed by atoms with van der Waals surface area (Å²) in [5, 5.41) is 8.42. The third-order valence-corrected chi connectivity index (χ3v) is 7.67. The van der Waals surface area contributed by atoms with Crippen molar-refractivity contribution in [3.05, 3.63) is 0 Å². The van der Waals surface area contributed by atoms with Crippen molar-refractivity contribution in [2.24, 2.45) is 0 Å². The fraction of sp³-hybridized carbons (Fsp3) is 1.00. The van der Waals surface area contributed by atoms with Gasteiger partial charge in [0.05, 0.1) is 26.7 Å². The van der Waals surface area contributed by atoms with E-state index in [1.807, 2.05) is 0 Å². The van der Waals surface area contributed by atoms with Gasteiger partial charge in [0, 0.05) is 6.61 Å². The first-order chi connectivity index (χ1) is 17.1. The lowest BCUT2D eigenvalue weighted by Crippen LogP contribution is -3.00. The zero-order chi connectivity index (χ0) is 26.3. The zero-order valence-electron chi connectivity index (χ0n) is 26.1. The highest BCUT2D eigenvalue weighted by Gasteiger charge is 2.20. The lowest BCUT2D eigenvalue weighted by molar-refractivity contribution is -0.910. The molecule has 0 aromatic heterocycles. The standard InChI is InChI=1S/C25H54N.C8H18O.ClH/c1-5-8-11-14-17-20-23-26(4,24-21-18-15-12-9-6-2)25-22-19-16-13-10-7-3;1-2-3-4-5-6-7-8-9;/h5-25H2,1-4H3;9H,2-8H2,1H3;1H/q+1;;/p-1. The molecule has 2 nitrogen and oxygen atoms in total. The maximum Gasteiger partial charge on any atom is 0.0784 e. The Hall–Kier alpha value is 0.210. The lowest BCUT2D eigenvalue weighted by atomic mass is 10.1. The summed E-state index contributed by atoms with van der Waals surface area (Å²) < 4.78 is 1.36. The minimum Gasteiger partial charge on any atom is -1.00 e. The van der Waals surface area contributed by atoms with Crippen LogP contribution in [0.4, 0.5) is 0 Å². The predicted octanol–water partition coefficient (Wildman–Crippen LogP) is 7.86. The van der Waals surface area contributed by atoms with E-state index in [2.05, 4.69) is 34.7 Å². The van der Waals surface area contributed by atoms with E-state index in [0.717, 1.165) is 6.42 Å². The number of rotatable bonds is 27. The normalized spacial score (nSPS) is 11.2. The number of hydrogen-bond donors (Lipinski definition) is 1. The Kier molecular flexibility index (Phi) is 39.8. The molecule has 0 heterocycles. The van der Waals surface area contributed by atoms with Gasteiger partial charge in [-0.15, -0.1) is 0 Å². The summed E-state index contributed by atoms with van der Waals surface area (Å²) in [4.78, 5) is 0. The molecular weight excluding hydrogens is 462 g/mol. The molecular formula is C33H72ClNO. The molecule has 36 heavy (non-hydrogen) atoms. The van der Waals surface area contributed by atoms with Crippen molar-refractivity contribution < 1.29 is 22.0 Å². The van der Waals surface area contributed by atoms with E-state index in [4.69, 9.17) is 5.11 Å². The highest BCUT2D eigenvalue weighted by Crippen LogP contribution is 2.16. The first-order valence-electron chi connectivity index (χ1n) is 16.5. The van der Waals surface area contributed by atoms with E-state index in [1.165, 1.54) is 172 Å². The average Bonchev–Trinajstić information content (AvgIpc) is 2.86. The number of aliphatic hydroxyl groups is 1. The summed E-state index contributed by atoms with van der Waals surface area (Å²) in [6, 6.07) is 0. The Labute approximate surface area is 236 Å². The van der Waals surface area contributed by atoms with Crippen LogP contribution in [0.3, 0.4) is 0 Å². The number of hydrogen-bond acceptors (Lipinski definition) is 1. The van der Waals surface area contributed by atoms with Crippen molar-refractivity contribution in [3.8, 4) is 0 Å². The van der Waals surface area contributed by atoms with Crippen molar-refractivity contribution in [1.82, 2.24) is 0 Å². The van der Waals surface area contributed by atoms with Crippen LogP contribution in [0.5, 0.6) is 0 Å². The van der Waals surface area contributed by atoms with Gasteiger partial charge in [-0.3, -0.25) is 0 Å². The van der Waals surface area contributed by atoms with Crippen molar-refractivity contribution >= 4 is 0 Å². The van der Waals surface area contributed by atoms with Crippen LogP contribution < -0.4 is 12.4 Å². The smallest absolute Gasteiger partial charge is 0.0784 e. The van der Waals surface area contributed by atoms with Gasteiger partial charge in [0.25, 0.3) is 0 Å². The zero-order valence-corrected chi connectivity index (χ0v) is 26.8. The van der Waals surface area contributed by atoms with Crippen LogP contribution in [0.2, 0.25) is 0 Å². The first-order valence-corrected chi connectivity index (χ1v) is 16.5. The minimum absolute atomic E-state index is 0. The van der Waals surface area contributed by atoms with Crippen LogP contribution in [0.15, 0.2) is 0 Å². The fourth-order valence-electron chi connectivity index (χ4n) is 5.05. The molecule has 0 spiro atoms. The monoisotopic (exact) mass is 534 g/mol. The number of quaternary nitrogens is 1. The fourth-order valence-corrected chi connectivity index (χ4v) is 5.05. The maximum absolute atomic E-state index is 8.42. The molecule has 0 aromatic carbocycles. The highest BCUT2D eigenvalue weighted by atomic mass is 35.5. The van der Waals surface area contributed by atoms with E-state index in [1.54, 1.807) is 0 Å². The average molecular weight is 534 g/mol. The minimum atomic E-state index is 0. The van der Waals surface area contributed by atoms with Gasteiger partial charge in [-0.05, 0) is 44.9 Å². The molecule has 0 aliphatic heterocycles. The van der Waals surface area contributed by atoms with E-state index in [-0.39, 0.29) is 12.4 Å². The molecule has 0 aliphatic rings. The number of aliphatic hydroxyl groups excluding tert-OH is 1. The van der Waals surface area contributed by atoms with Crippen LogP contribution in [-0.2, 0) is 0 Å². The van der Waals surface area contributed by atoms with Gasteiger partial charge in [0.2, 0.25) is 0 Å². The molecule has 3 heteroatoms. The second kappa shape index (κ2) is 35.2. The van der Waals surface area contributed by atoms with E-state index in [9.17, 15) is 0 Å². The largest absolute Gasteiger partial charge is 1.00 e. The van der Waals surface area contributed by atoms with Crippen LogP contribution in [0.1, 0.15) is 182 Å². The van der Waals surface area contributed by atoms with Crippen molar-refractivity contribution in [2.45, 2.75) is 182 Å². The van der Waals surface area contributed by atoms with Gasteiger partial charge in [0.1, 0.15) is 0 Å². The van der Waals surface area contributed by atoms with Crippen LogP contribution in [0, 0.1) is 0 Å². The van der Waals surface area contributed by atoms with Crippen molar-refractivity contribution in [2.75, 3.05) is 33.3 Å². The summed E-state index contributed by atoms with van der Waals surface area (Å²) in [5.74, 6) is 0. The van der Waals surface area contributed by atoms with Crippen LogP contribution in [0.25, 0.3) is 0 Å². The van der Waals surface area contributed by atoms with Crippen LogP contribution in [-0.4, -0.2) is 42.9 Å². The Morgan fingerprint density at radius 1 is 0.361 bits per heavy atom. The van der Waals surface area contributed by atoms with E-state index >= 15 is 0 Å². The molecule has 0 aromatic rings. The third-order valence-electron chi connectivity index (χ3n) is 7.67. The summed E-state index contributed by atoms with van der Waals surface area (Å²) >= 11 is 0. The Balaban J connectivity index is -0.000000923. The highest BCUT2D eigenvalue weighted by molar-refractivity contribution is 4.51. The van der Waals surface area contributed by atoms with Gasteiger partial charge in [0.15, 0.2) is 0 Å². The molecule has 0 amide bonds. The second-order valence-electron chi connectivity index (χ2n) is 11.6. The molecule has 0 saturated heterocycles. The van der Waals surface area contributed by atoms with E-state index in [0.29, 0.717) is 6.61 Å². The molecule has 0 atom stereocenters. The Bertz CT molecular complexity index is 317. The SMILES string of the molecule is CCCCCCCCO.CCCCCCCC[N+](C)(CCCCCCCC)CCCCCCCC.[Cl-]. The lowest BCUT2D eigenvalue weighted by Gasteiger charge is -2.35. The molecule has 0 bridgehead atoms. The molecule has 0 fully saturated rings. The van der Waals surface area contributed by atoms with E-state index < -0.39 is 0 Å². The molecule has 222 valence electrons. The number of halogens is 1. The predicted molar refractivity (Wildman–Crippen MR) is 161 cm³/mol. The number of nitrogens with zero attached hydrogens (tertiary/aromatic N) is 1. The van der Waals surface area contributed by atoms with Gasteiger partial charge in [-0.25, -0.2) is 0 Å². The Morgan fingerprint density at radius 2 is 0.583 bits per heavy atom. The summed E-state index contributed by atoms with van der Waals surface area (Å²) in [7, 11) is 2.56. The van der Waals surface area contributed by atoms with Gasteiger partial charge in [-0.1, -0.05) is 137 Å². The molecule has 0 saturated carbocycles. The van der Waals surface area contributed by atoms with Gasteiger partial charge >= 0.3 is 0 Å². The maximum atomic E-state index is 8.42. The molecule has 1 N–H and O–H groups in total. The van der Waals surface area contributed by atoms with Crippen LogP contribution >= 0.6 is 0 Å². The Morgan fingerprint density at radius 3 is 0.833 bits per heavy atom.